The SMILES string of the molecule is CC(Nc1nc2c(CC(C)(C)C)c[nH]c(=O)c2c2cc(C#CC(C)(C)C)ccc12)C(C)(C)C. The van der Waals surface area contributed by atoms with Crippen LogP contribution in [0.2, 0.25) is 0 Å². The van der Waals surface area contributed by atoms with E-state index in [1.54, 1.807) is 0 Å². The Bertz CT molecular complexity index is 1300. The summed E-state index contributed by atoms with van der Waals surface area (Å²) in [5, 5.41) is 6.11. The molecule has 1 atom stereocenters. The van der Waals surface area contributed by atoms with Crippen LogP contribution in [0.1, 0.15) is 80.4 Å². The monoisotopic (exact) mass is 445 g/mol. The van der Waals surface area contributed by atoms with Gasteiger partial charge in [0.2, 0.25) is 0 Å². The van der Waals surface area contributed by atoms with Crippen LogP contribution in [0, 0.1) is 28.1 Å². The molecule has 4 heteroatoms. The summed E-state index contributed by atoms with van der Waals surface area (Å²) in [4.78, 5) is 21.1. The zero-order chi connectivity index (χ0) is 24.8. The van der Waals surface area contributed by atoms with Gasteiger partial charge >= 0.3 is 0 Å². The molecule has 2 heterocycles. The molecule has 0 aliphatic carbocycles. The van der Waals surface area contributed by atoms with Crippen molar-refractivity contribution in [2.24, 2.45) is 16.2 Å². The first kappa shape index (κ1) is 24.8. The maximum absolute atomic E-state index is 13.1. The third kappa shape index (κ3) is 5.96. The lowest BCUT2D eigenvalue weighted by Crippen LogP contribution is -2.31. The van der Waals surface area contributed by atoms with Crippen molar-refractivity contribution in [3.8, 4) is 11.8 Å². The van der Waals surface area contributed by atoms with E-state index in [9.17, 15) is 4.79 Å². The Kier molecular flexibility index (Phi) is 6.41. The average Bonchev–Trinajstić information content (AvgIpc) is 2.66. The van der Waals surface area contributed by atoms with Crippen molar-refractivity contribution in [3.63, 3.8) is 0 Å². The van der Waals surface area contributed by atoms with Crippen LogP contribution in [0.4, 0.5) is 5.82 Å². The molecule has 3 aromatic rings. The van der Waals surface area contributed by atoms with Gasteiger partial charge in [-0.05, 0) is 68.7 Å². The summed E-state index contributed by atoms with van der Waals surface area (Å²) in [7, 11) is 0. The highest BCUT2D eigenvalue weighted by molar-refractivity contribution is 6.10. The number of hydrogen-bond acceptors (Lipinski definition) is 3. The van der Waals surface area contributed by atoms with Crippen molar-refractivity contribution in [2.75, 3.05) is 5.32 Å². The van der Waals surface area contributed by atoms with E-state index in [1.807, 2.05) is 24.4 Å². The van der Waals surface area contributed by atoms with Gasteiger partial charge in [-0.3, -0.25) is 4.79 Å². The Labute approximate surface area is 198 Å². The van der Waals surface area contributed by atoms with Gasteiger partial charge in [0.25, 0.3) is 5.56 Å². The summed E-state index contributed by atoms with van der Waals surface area (Å²) in [5.41, 5.74) is 2.64. The number of anilines is 1. The Morgan fingerprint density at radius 3 is 2.27 bits per heavy atom. The van der Waals surface area contributed by atoms with Crippen molar-refractivity contribution in [1.82, 2.24) is 9.97 Å². The van der Waals surface area contributed by atoms with Gasteiger partial charge in [0.05, 0.1) is 10.9 Å². The third-order valence-corrected chi connectivity index (χ3v) is 5.87. The van der Waals surface area contributed by atoms with Crippen LogP contribution in [0.15, 0.2) is 29.2 Å². The van der Waals surface area contributed by atoms with Gasteiger partial charge in [-0.1, -0.05) is 53.4 Å². The summed E-state index contributed by atoms with van der Waals surface area (Å²) in [6, 6.07) is 6.30. The van der Waals surface area contributed by atoms with Crippen molar-refractivity contribution in [1.29, 1.82) is 0 Å². The molecule has 0 saturated carbocycles. The third-order valence-electron chi connectivity index (χ3n) is 5.87. The Balaban J connectivity index is 2.38. The molecule has 0 amide bonds. The van der Waals surface area contributed by atoms with Crippen LogP contribution >= 0.6 is 0 Å². The van der Waals surface area contributed by atoms with E-state index in [4.69, 9.17) is 4.98 Å². The number of fused-ring (bicyclic) bond motifs is 3. The Morgan fingerprint density at radius 1 is 1.03 bits per heavy atom. The summed E-state index contributed by atoms with van der Waals surface area (Å²) >= 11 is 0. The number of rotatable bonds is 3. The second-order valence-corrected chi connectivity index (χ2v) is 12.6. The van der Waals surface area contributed by atoms with Crippen molar-refractivity contribution in [2.45, 2.75) is 81.7 Å². The minimum absolute atomic E-state index is 0.0590. The molecule has 33 heavy (non-hydrogen) atoms. The second kappa shape index (κ2) is 8.52. The highest BCUT2D eigenvalue weighted by Gasteiger charge is 2.23. The smallest absolute Gasteiger partial charge is 0.258 e. The molecular weight excluding hydrogens is 406 g/mol. The van der Waals surface area contributed by atoms with Crippen LogP contribution in [-0.2, 0) is 6.42 Å². The Hall–Kier alpha value is -2.80. The number of aromatic nitrogens is 2. The summed E-state index contributed by atoms with van der Waals surface area (Å²) in [6.45, 7) is 21.7. The summed E-state index contributed by atoms with van der Waals surface area (Å²) < 4.78 is 0. The average molecular weight is 446 g/mol. The molecule has 0 spiro atoms. The van der Waals surface area contributed by atoms with Crippen molar-refractivity contribution in [3.05, 3.63) is 45.9 Å². The molecule has 4 nitrogen and oxygen atoms in total. The lowest BCUT2D eigenvalue weighted by Gasteiger charge is -2.29. The van der Waals surface area contributed by atoms with Crippen LogP contribution in [-0.4, -0.2) is 16.0 Å². The first-order chi connectivity index (χ1) is 15.0. The van der Waals surface area contributed by atoms with Gasteiger partial charge in [0.1, 0.15) is 5.82 Å². The second-order valence-electron chi connectivity index (χ2n) is 12.6. The van der Waals surface area contributed by atoms with Gasteiger partial charge in [-0.2, -0.15) is 0 Å². The molecule has 1 unspecified atom stereocenters. The number of H-pyrrole nitrogens is 1. The number of hydrogen-bond donors (Lipinski definition) is 2. The molecule has 2 aromatic heterocycles. The molecule has 0 aliphatic rings. The number of nitrogens with one attached hydrogen (secondary N) is 2. The van der Waals surface area contributed by atoms with Crippen LogP contribution in [0.25, 0.3) is 21.7 Å². The maximum Gasteiger partial charge on any atom is 0.258 e. The molecule has 176 valence electrons. The van der Waals surface area contributed by atoms with Crippen molar-refractivity contribution < 1.29 is 0 Å². The van der Waals surface area contributed by atoms with Gasteiger partial charge < -0.3 is 10.3 Å². The summed E-state index contributed by atoms with van der Waals surface area (Å²) in [6.07, 6.45) is 2.64. The topological polar surface area (TPSA) is 57.8 Å². The van der Waals surface area contributed by atoms with E-state index >= 15 is 0 Å². The van der Waals surface area contributed by atoms with Gasteiger partial charge in [0, 0.05) is 34.0 Å². The highest BCUT2D eigenvalue weighted by Crippen LogP contribution is 2.33. The van der Waals surface area contributed by atoms with E-state index in [0.29, 0.717) is 5.39 Å². The molecular formula is C29H39N3O. The van der Waals surface area contributed by atoms with Gasteiger partial charge in [-0.25, -0.2) is 4.98 Å². The summed E-state index contributed by atoms with van der Waals surface area (Å²) in [5.74, 6) is 7.42. The van der Waals surface area contributed by atoms with E-state index in [-0.39, 0.29) is 27.8 Å². The fourth-order valence-electron chi connectivity index (χ4n) is 3.64. The zero-order valence-electron chi connectivity index (χ0n) is 21.9. The minimum Gasteiger partial charge on any atom is -0.367 e. The zero-order valence-corrected chi connectivity index (χ0v) is 21.9. The quantitative estimate of drug-likeness (QED) is 0.340. The molecule has 0 radical (unpaired) electrons. The van der Waals surface area contributed by atoms with E-state index in [2.05, 4.69) is 91.4 Å². The number of pyridine rings is 2. The fraction of sp³-hybridized carbons (Fsp3) is 0.517. The maximum atomic E-state index is 13.1. The van der Waals surface area contributed by atoms with Gasteiger partial charge in [-0.15, -0.1) is 0 Å². The molecule has 1 aromatic carbocycles. The Morgan fingerprint density at radius 2 is 1.70 bits per heavy atom. The van der Waals surface area contributed by atoms with Crippen molar-refractivity contribution >= 4 is 27.5 Å². The number of aromatic amines is 1. The lowest BCUT2D eigenvalue weighted by atomic mass is 9.87. The normalized spacial score (nSPS) is 13.6. The van der Waals surface area contributed by atoms with Gasteiger partial charge in [0.15, 0.2) is 0 Å². The predicted octanol–water partition coefficient (Wildman–Crippen LogP) is 6.91. The molecule has 0 aliphatic heterocycles. The number of nitrogens with zero attached hydrogens (tertiary/aromatic N) is 1. The van der Waals surface area contributed by atoms with E-state index in [1.165, 1.54) is 0 Å². The number of benzene rings is 1. The fourth-order valence-corrected chi connectivity index (χ4v) is 3.64. The minimum atomic E-state index is -0.114. The highest BCUT2D eigenvalue weighted by atomic mass is 16.1. The van der Waals surface area contributed by atoms with E-state index < -0.39 is 0 Å². The van der Waals surface area contributed by atoms with Crippen LogP contribution in [0.3, 0.4) is 0 Å². The van der Waals surface area contributed by atoms with Crippen LogP contribution in [0.5, 0.6) is 0 Å². The molecule has 0 saturated heterocycles. The standard InChI is InChI=1S/C29H39N3O/c1-18(29(8,9)10)31-25-21-12-11-19(13-14-27(2,3)4)15-22(21)23-24(32-25)20(16-28(5,6)7)17-30-26(23)33/h11-12,15,17-18H,16H2,1-10H3,(H,30,33)(H,31,32). The van der Waals surface area contributed by atoms with Crippen LogP contribution < -0.4 is 10.9 Å². The molecule has 3 rings (SSSR count). The molecule has 0 bridgehead atoms. The largest absolute Gasteiger partial charge is 0.367 e. The van der Waals surface area contributed by atoms with E-state index in [0.717, 1.165) is 39.7 Å². The molecule has 2 N–H and O–H groups in total. The first-order valence-electron chi connectivity index (χ1n) is 11.8. The lowest BCUT2D eigenvalue weighted by molar-refractivity contribution is 0.359. The molecule has 0 fully saturated rings. The predicted molar refractivity (Wildman–Crippen MR) is 142 cm³/mol. The first-order valence-corrected chi connectivity index (χ1v) is 11.8.